The smallest absolute Gasteiger partial charge is 0.110 e. The molecular formula is C69H70O2S9. The molecule has 0 aliphatic carbocycles. The zero-order valence-corrected chi connectivity index (χ0v) is 53.1. The highest BCUT2D eigenvalue weighted by Gasteiger charge is 2.10. The van der Waals surface area contributed by atoms with Gasteiger partial charge in [0.2, 0.25) is 0 Å². The molecule has 11 heteroatoms. The molecule has 0 spiro atoms. The Morgan fingerprint density at radius 1 is 0.537 bits per heavy atom. The van der Waals surface area contributed by atoms with Gasteiger partial charge < -0.3 is 9.47 Å². The van der Waals surface area contributed by atoms with E-state index in [-0.39, 0.29) is 12.2 Å². The Balaban J connectivity index is 0.000000454. The summed E-state index contributed by atoms with van der Waals surface area (Å²) >= 11 is 15.0. The van der Waals surface area contributed by atoms with E-state index in [0.717, 1.165) is 41.2 Å². The van der Waals surface area contributed by atoms with Crippen LogP contribution in [0.25, 0.3) is 50.6 Å². The van der Waals surface area contributed by atoms with Gasteiger partial charge in [0, 0.05) is 54.5 Å². The molecule has 0 aliphatic rings. The first-order valence-electron chi connectivity index (χ1n) is 24.1. The number of rotatable bonds is 15. The zero-order valence-electron chi connectivity index (χ0n) is 45.7. The third-order valence-electron chi connectivity index (χ3n) is 9.49. The van der Waals surface area contributed by atoms with Crippen LogP contribution < -0.4 is 18.8 Å². The number of hydrogen-bond donors (Lipinski definition) is 0. The molecule has 2 atom stereocenters. The SMILES string of the molecule is C#Cc1cc(C)sc1C.C#Cc1cccs1.C#Cc1ccsc1.C=CCOC(C=C)c1cccs1.C=CCOC(CC=C)c1cccs1.C=Cc1ccsc1C=C.C=Cc1cscc1C=C.C=c1ccc(=C)s1.C=c1ccsc1=C. The summed E-state index contributed by atoms with van der Waals surface area (Å²) in [7, 11) is 0. The van der Waals surface area contributed by atoms with Crippen LogP contribution in [0.15, 0.2) is 198 Å². The molecule has 0 N–H and O–H groups in total. The van der Waals surface area contributed by atoms with Crippen LogP contribution in [0.4, 0.5) is 0 Å². The van der Waals surface area contributed by atoms with E-state index in [1.165, 1.54) is 41.1 Å². The second-order valence-electron chi connectivity index (χ2n) is 15.3. The summed E-state index contributed by atoms with van der Waals surface area (Å²) < 4.78 is 14.3. The highest BCUT2D eigenvalue weighted by atomic mass is 32.1. The van der Waals surface area contributed by atoms with Gasteiger partial charge in [-0.1, -0.05) is 137 Å². The highest BCUT2D eigenvalue weighted by Crippen LogP contribution is 2.26. The van der Waals surface area contributed by atoms with Gasteiger partial charge in [-0.15, -0.1) is 125 Å². The van der Waals surface area contributed by atoms with Crippen molar-refractivity contribution in [3.63, 3.8) is 0 Å². The van der Waals surface area contributed by atoms with Crippen LogP contribution in [0.5, 0.6) is 0 Å². The number of thiophene rings is 9. The van der Waals surface area contributed by atoms with E-state index >= 15 is 0 Å². The lowest BCUT2D eigenvalue weighted by Gasteiger charge is -2.12. The van der Waals surface area contributed by atoms with E-state index in [1.54, 1.807) is 120 Å². The fraction of sp³-hybridized carbons (Fsp3) is 0.101. The molecule has 0 aliphatic heterocycles. The van der Waals surface area contributed by atoms with Crippen LogP contribution in [-0.4, -0.2) is 13.2 Å². The Hall–Kier alpha value is -6.70. The molecule has 412 valence electrons. The molecular weight excluding hydrogens is 1150 g/mol. The van der Waals surface area contributed by atoms with Crippen molar-refractivity contribution in [3.8, 4) is 37.0 Å². The number of ether oxygens (including phenoxy) is 2. The summed E-state index contributed by atoms with van der Waals surface area (Å²) in [6.45, 7) is 49.5. The first-order valence-corrected chi connectivity index (χ1v) is 32.0. The maximum absolute atomic E-state index is 5.60. The van der Waals surface area contributed by atoms with Gasteiger partial charge in [-0.05, 0) is 140 Å². The topological polar surface area (TPSA) is 18.5 Å². The molecule has 0 saturated heterocycles. The molecule has 0 aromatic carbocycles. The van der Waals surface area contributed by atoms with Crippen molar-refractivity contribution in [2.75, 3.05) is 13.2 Å². The Morgan fingerprint density at radius 2 is 1.14 bits per heavy atom. The van der Waals surface area contributed by atoms with Crippen molar-refractivity contribution in [1.82, 2.24) is 0 Å². The van der Waals surface area contributed by atoms with E-state index in [9.17, 15) is 0 Å². The average molecular weight is 1220 g/mol. The first kappa shape index (κ1) is 71.3. The monoisotopic (exact) mass is 1220 g/mol. The minimum Gasteiger partial charge on any atom is -0.368 e. The van der Waals surface area contributed by atoms with Crippen molar-refractivity contribution in [2.45, 2.75) is 32.5 Å². The van der Waals surface area contributed by atoms with Crippen LogP contribution >= 0.6 is 102 Å². The summed E-state index contributed by atoms with van der Waals surface area (Å²) in [4.78, 5) is 7.18. The second kappa shape index (κ2) is 45.1. The third kappa shape index (κ3) is 30.6. The Morgan fingerprint density at radius 3 is 1.48 bits per heavy atom. The molecule has 9 rings (SSSR count). The van der Waals surface area contributed by atoms with Gasteiger partial charge in [-0.3, -0.25) is 0 Å². The van der Waals surface area contributed by atoms with Crippen molar-refractivity contribution in [3.05, 3.63) is 274 Å². The van der Waals surface area contributed by atoms with Gasteiger partial charge >= 0.3 is 0 Å². The summed E-state index contributed by atoms with van der Waals surface area (Å²) in [5.41, 5.74) is 5.54. The molecule has 0 amide bonds. The lowest BCUT2D eigenvalue weighted by molar-refractivity contribution is 0.0793. The molecule has 0 bridgehead atoms. The highest BCUT2D eigenvalue weighted by molar-refractivity contribution is 7.12. The molecule has 2 nitrogen and oxygen atoms in total. The molecule has 9 aromatic rings. The molecule has 9 heterocycles. The largest absolute Gasteiger partial charge is 0.368 e. The summed E-state index contributed by atoms with van der Waals surface area (Å²) in [5, 5.41) is 19.2. The normalized spacial score (nSPS) is 9.84. The van der Waals surface area contributed by atoms with Gasteiger partial charge in [0.05, 0.1) is 24.2 Å². The van der Waals surface area contributed by atoms with Gasteiger partial charge in [-0.2, -0.15) is 22.7 Å². The lowest BCUT2D eigenvalue weighted by Crippen LogP contribution is -2.11. The van der Waals surface area contributed by atoms with Crippen molar-refractivity contribution >= 4 is 153 Å². The van der Waals surface area contributed by atoms with Crippen molar-refractivity contribution in [1.29, 1.82) is 0 Å². The van der Waals surface area contributed by atoms with Crippen LogP contribution in [0.1, 0.15) is 75.7 Å². The molecule has 0 saturated carbocycles. The Kier molecular flexibility index (Phi) is 40.2. The minimum atomic E-state index is 0.0167. The van der Waals surface area contributed by atoms with E-state index < -0.39 is 0 Å². The summed E-state index contributed by atoms with van der Waals surface area (Å²) in [6.07, 6.45) is 30.9. The minimum absolute atomic E-state index is 0.0167. The van der Waals surface area contributed by atoms with E-state index in [0.29, 0.717) is 13.2 Å². The zero-order chi connectivity index (χ0) is 59.3. The van der Waals surface area contributed by atoms with Crippen LogP contribution in [-0.2, 0) is 9.47 Å². The van der Waals surface area contributed by atoms with Crippen LogP contribution in [0.2, 0.25) is 0 Å². The number of terminal acetylenes is 3. The van der Waals surface area contributed by atoms with Gasteiger partial charge in [0.1, 0.15) is 6.10 Å². The average Bonchev–Trinajstić information content (AvgIpc) is 4.32. The second-order valence-corrected chi connectivity index (χ2v) is 24.4. The fourth-order valence-electron chi connectivity index (χ4n) is 5.55. The standard InChI is InChI=1S/C11H14OS.C10H12OS.3C8H8S.2C6H6S.2C6H4S/c1-3-6-10(12-8-4-2)11-7-5-9-13-11;1-3-7-11-9(4-2)10-6-5-8-12-10;1-4-8-5-6(2)9-7(8)3;1-3-7-5-9-6-8(7)4-2;1-3-7-5-6-9-8(7)4-2;1-5-3-4-7-6(5)2;1-5-3-4-6(2)7-5;1-2-6-3-4-7-5-6;1-2-6-4-3-5-7-6/h3-5,7,9-10H,1-2,6,8H2;3-6,8-9H,1-2,7H2;1,5H,2-3H3;2*3-6H,1-2H2;2*3-4H,1-2H2;2*1,3-5H. The van der Waals surface area contributed by atoms with Gasteiger partial charge in [0.15, 0.2) is 0 Å². The predicted octanol–water partition coefficient (Wildman–Crippen LogP) is 19.8. The van der Waals surface area contributed by atoms with Crippen LogP contribution in [0, 0.1) is 50.9 Å². The molecule has 80 heavy (non-hydrogen) atoms. The summed E-state index contributed by atoms with van der Waals surface area (Å²) in [6, 6.07) is 23.9. The maximum Gasteiger partial charge on any atom is 0.110 e. The molecule has 0 fully saturated rings. The van der Waals surface area contributed by atoms with E-state index in [4.69, 9.17) is 28.7 Å². The third-order valence-corrected chi connectivity index (χ3v) is 17.2. The predicted molar refractivity (Wildman–Crippen MR) is 376 cm³/mol. The Bertz CT molecular complexity index is 3260. The number of aryl methyl sites for hydroxylation is 2. The Labute approximate surface area is 514 Å². The molecule has 0 radical (unpaired) electrons. The fourth-order valence-corrected chi connectivity index (χ4v) is 11.9. The van der Waals surface area contributed by atoms with Crippen LogP contribution in [0.3, 0.4) is 0 Å². The quantitative estimate of drug-likeness (QED) is 0.0752. The molecule has 2 unspecified atom stereocenters. The first-order chi connectivity index (χ1) is 38.7. The summed E-state index contributed by atoms with van der Waals surface area (Å²) in [5.74, 6) is 7.67. The van der Waals surface area contributed by atoms with Crippen molar-refractivity contribution in [2.24, 2.45) is 0 Å². The molecule has 9 aromatic heterocycles. The van der Waals surface area contributed by atoms with Gasteiger partial charge in [0.25, 0.3) is 0 Å². The van der Waals surface area contributed by atoms with E-state index in [1.807, 2.05) is 136 Å². The number of hydrogen-bond acceptors (Lipinski definition) is 11. The van der Waals surface area contributed by atoms with Gasteiger partial charge in [-0.25, -0.2) is 0 Å². The van der Waals surface area contributed by atoms with Crippen molar-refractivity contribution < 1.29 is 9.47 Å². The van der Waals surface area contributed by atoms with E-state index in [2.05, 4.69) is 126 Å². The lowest BCUT2D eigenvalue weighted by atomic mass is 10.2. The maximum atomic E-state index is 5.60.